The van der Waals surface area contributed by atoms with Crippen molar-refractivity contribution >= 4 is 12.0 Å². The molecule has 0 aliphatic heterocycles. The van der Waals surface area contributed by atoms with Crippen LogP contribution in [0, 0.1) is 0 Å². The zero-order chi connectivity index (χ0) is 11.4. The summed E-state index contributed by atoms with van der Waals surface area (Å²) in [5, 5.41) is 20.3. The second kappa shape index (κ2) is 4.80. The molecule has 1 unspecified atom stereocenters. The van der Waals surface area contributed by atoms with E-state index in [1.165, 1.54) is 11.8 Å². The van der Waals surface area contributed by atoms with Crippen molar-refractivity contribution in [3.63, 3.8) is 0 Å². The van der Waals surface area contributed by atoms with Crippen LogP contribution in [0.2, 0.25) is 0 Å². The van der Waals surface area contributed by atoms with Crippen molar-refractivity contribution in [3.8, 4) is 0 Å². The molecule has 0 aliphatic carbocycles. The Morgan fingerprint density at radius 1 is 1.43 bits per heavy atom. The third-order valence-corrected chi connectivity index (χ3v) is 1.56. The van der Waals surface area contributed by atoms with E-state index in [1.807, 2.05) is 0 Å². The molecule has 6 heteroatoms. The molecule has 0 aromatic heterocycles. The first-order chi connectivity index (χ1) is 6.24. The maximum absolute atomic E-state index is 11.0. The van der Waals surface area contributed by atoms with Crippen LogP contribution >= 0.6 is 0 Å². The quantitative estimate of drug-likeness (QED) is 0.575. The molecule has 0 rings (SSSR count). The van der Waals surface area contributed by atoms with E-state index >= 15 is 0 Å². The fourth-order valence-electron chi connectivity index (χ4n) is 0.812. The first kappa shape index (κ1) is 12.7. The molecule has 0 radical (unpaired) electrons. The fraction of sp³-hybridized carbons (Fsp3) is 0.750. The molecule has 82 valence electrons. The van der Waals surface area contributed by atoms with E-state index in [0.717, 1.165) is 0 Å². The molecule has 0 saturated heterocycles. The van der Waals surface area contributed by atoms with Crippen molar-refractivity contribution in [2.24, 2.45) is 0 Å². The van der Waals surface area contributed by atoms with E-state index in [0.29, 0.717) is 0 Å². The van der Waals surface area contributed by atoms with Crippen LogP contribution in [0.4, 0.5) is 4.79 Å². The van der Waals surface area contributed by atoms with E-state index in [1.54, 1.807) is 14.1 Å². The van der Waals surface area contributed by atoms with Gasteiger partial charge in [-0.3, -0.25) is 4.79 Å². The van der Waals surface area contributed by atoms with Gasteiger partial charge in [0.2, 0.25) is 0 Å². The van der Waals surface area contributed by atoms with Gasteiger partial charge in [-0.25, -0.2) is 4.79 Å². The zero-order valence-corrected chi connectivity index (χ0v) is 8.57. The van der Waals surface area contributed by atoms with Gasteiger partial charge in [0.1, 0.15) is 0 Å². The molecule has 14 heavy (non-hydrogen) atoms. The molecule has 0 aromatic rings. The van der Waals surface area contributed by atoms with Crippen molar-refractivity contribution in [1.82, 2.24) is 10.2 Å². The second-order valence-corrected chi connectivity index (χ2v) is 3.62. The van der Waals surface area contributed by atoms with Gasteiger partial charge < -0.3 is 20.4 Å². The van der Waals surface area contributed by atoms with E-state index in [9.17, 15) is 14.7 Å². The van der Waals surface area contributed by atoms with Crippen LogP contribution in [0.3, 0.4) is 0 Å². The number of rotatable bonds is 4. The van der Waals surface area contributed by atoms with Gasteiger partial charge in [-0.2, -0.15) is 0 Å². The first-order valence-corrected chi connectivity index (χ1v) is 4.14. The number of nitrogens with zero attached hydrogens (tertiary/aromatic N) is 1. The van der Waals surface area contributed by atoms with Crippen LogP contribution in [0.1, 0.15) is 13.3 Å². The highest BCUT2D eigenvalue weighted by Crippen LogP contribution is 2.07. The molecular weight excluding hydrogens is 188 g/mol. The summed E-state index contributed by atoms with van der Waals surface area (Å²) in [6, 6.07) is -0.365. The van der Waals surface area contributed by atoms with Crippen molar-refractivity contribution in [1.29, 1.82) is 0 Å². The number of carbonyl (C=O) groups is 2. The number of amides is 2. The SMILES string of the molecule is CN(C)C(=O)NCC(C)(O)CC(=O)O. The van der Waals surface area contributed by atoms with Gasteiger partial charge in [-0.1, -0.05) is 0 Å². The Bertz CT molecular complexity index is 225. The Kier molecular flexibility index (Phi) is 4.36. The summed E-state index contributed by atoms with van der Waals surface area (Å²) >= 11 is 0. The number of nitrogens with one attached hydrogen (secondary N) is 1. The minimum Gasteiger partial charge on any atom is -0.481 e. The summed E-state index contributed by atoms with van der Waals surface area (Å²) in [4.78, 5) is 22.6. The van der Waals surface area contributed by atoms with Gasteiger partial charge in [-0.15, -0.1) is 0 Å². The van der Waals surface area contributed by atoms with Gasteiger partial charge in [0.25, 0.3) is 0 Å². The molecule has 0 bridgehead atoms. The van der Waals surface area contributed by atoms with Crippen LogP contribution in [0.25, 0.3) is 0 Å². The van der Waals surface area contributed by atoms with Crippen LogP contribution in [-0.2, 0) is 4.79 Å². The number of carbonyl (C=O) groups excluding carboxylic acids is 1. The summed E-state index contributed by atoms with van der Waals surface area (Å²) in [6.07, 6.45) is -0.402. The van der Waals surface area contributed by atoms with Crippen molar-refractivity contribution in [2.75, 3.05) is 20.6 Å². The maximum Gasteiger partial charge on any atom is 0.316 e. The average Bonchev–Trinajstić information content (AvgIpc) is 1.97. The molecule has 3 N–H and O–H groups in total. The van der Waals surface area contributed by atoms with E-state index in [4.69, 9.17) is 5.11 Å². The average molecular weight is 204 g/mol. The lowest BCUT2D eigenvalue weighted by Gasteiger charge is -2.22. The summed E-state index contributed by atoms with van der Waals surface area (Å²) in [7, 11) is 3.11. The standard InChI is InChI=1S/C8H16N2O4/c1-8(14,4-6(11)12)5-9-7(13)10(2)3/h14H,4-5H2,1-3H3,(H,9,13)(H,11,12). The first-order valence-electron chi connectivity index (χ1n) is 4.14. The smallest absolute Gasteiger partial charge is 0.316 e. The lowest BCUT2D eigenvalue weighted by molar-refractivity contribution is -0.141. The molecule has 0 saturated carbocycles. The van der Waals surface area contributed by atoms with E-state index < -0.39 is 18.0 Å². The van der Waals surface area contributed by atoms with Gasteiger partial charge in [-0.05, 0) is 6.92 Å². The van der Waals surface area contributed by atoms with Gasteiger partial charge in [0, 0.05) is 20.6 Å². The second-order valence-electron chi connectivity index (χ2n) is 3.62. The number of aliphatic hydroxyl groups is 1. The van der Waals surface area contributed by atoms with Crippen LogP contribution in [-0.4, -0.2) is 53.4 Å². The highest BCUT2D eigenvalue weighted by atomic mass is 16.4. The Hall–Kier alpha value is -1.30. The molecule has 0 spiro atoms. The molecule has 0 aromatic carbocycles. The zero-order valence-electron chi connectivity index (χ0n) is 8.57. The molecule has 6 nitrogen and oxygen atoms in total. The number of aliphatic carboxylic acids is 1. The monoisotopic (exact) mass is 204 g/mol. The Labute approximate surface area is 82.5 Å². The molecule has 0 aliphatic rings. The summed E-state index contributed by atoms with van der Waals surface area (Å²) in [6.45, 7) is 1.27. The molecular formula is C8H16N2O4. The lowest BCUT2D eigenvalue weighted by atomic mass is 10.0. The fourth-order valence-corrected chi connectivity index (χ4v) is 0.812. The molecule has 1 atom stereocenters. The van der Waals surface area contributed by atoms with E-state index in [-0.39, 0.29) is 12.6 Å². The predicted molar refractivity (Wildman–Crippen MR) is 50.0 cm³/mol. The lowest BCUT2D eigenvalue weighted by Crippen LogP contribution is -2.45. The molecule has 0 fully saturated rings. The van der Waals surface area contributed by atoms with Crippen molar-refractivity contribution in [2.45, 2.75) is 18.9 Å². The van der Waals surface area contributed by atoms with Gasteiger partial charge in [0.15, 0.2) is 0 Å². The normalized spacial score (nSPS) is 14.3. The maximum atomic E-state index is 11.0. The highest BCUT2D eigenvalue weighted by molar-refractivity contribution is 5.73. The Morgan fingerprint density at radius 3 is 2.29 bits per heavy atom. The van der Waals surface area contributed by atoms with Gasteiger partial charge in [0.05, 0.1) is 12.0 Å². The summed E-state index contributed by atoms with van der Waals surface area (Å²) in [5.74, 6) is -1.10. The topological polar surface area (TPSA) is 89.9 Å². The largest absolute Gasteiger partial charge is 0.481 e. The number of hydrogen-bond donors (Lipinski definition) is 3. The number of urea groups is 1. The predicted octanol–water partition coefficient (Wildman–Crippen LogP) is -0.517. The molecule has 0 heterocycles. The number of carboxylic acids is 1. The van der Waals surface area contributed by atoms with Crippen molar-refractivity contribution < 1.29 is 19.8 Å². The van der Waals surface area contributed by atoms with Crippen LogP contribution < -0.4 is 5.32 Å². The minimum absolute atomic E-state index is 0.0870. The van der Waals surface area contributed by atoms with Crippen LogP contribution in [0.5, 0.6) is 0 Å². The van der Waals surface area contributed by atoms with Crippen LogP contribution in [0.15, 0.2) is 0 Å². The third-order valence-electron chi connectivity index (χ3n) is 1.56. The van der Waals surface area contributed by atoms with E-state index in [2.05, 4.69) is 5.32 Å². The Balaban J connectivity index is 3.98. The minimum atomic E-state index is -1.42. The highest BCUT2D eigenvalue weighted by Gasteiger charge is 2.24. The molecule has 2 amide bonds. The number of hydrogen-bond acceptors (Lipinski definition) is 3. The summed E-state index contributed by atoms with van der Waals surface area (Å²) in [5.41, 5.74) is -1.42. The third kappa shape index (κ3) is 5.36. The number of carboxylic acid groups (broad SMARTS) is 1. The van der Waals surface area contributed by atoms with Gasteiger partial charge >= 0.3 is 12.0 Å². The Morgan fingerprint density at radius 2 is 1.93 bits per heavy atom. The van der Waals surface area contributed by atoms with Crippen molar-refractivity contribution in [3.05, 3.63) is 0 Å². The summed E-state index contributed by atoms with van der Waals surface area (Å²) < 4.78 is 0.